The average Bonchev–Trinajstić information content (AvgIpc) is 3.84. The Morgan fingerprint density at radius 1 is 0.761 bits per heavy atom. The van der Waals surface area contributed by atoms with E-state index in [1.165, 1.54) is 12.2 Å². The second kappa shape index (κ2) is 30.1. The SMILES string of the molecule is CCCCc1nc(=C(N)N)/c(=C(\N)OC(C)C)n1Cc1ccc(CNC(=O)[C@@](C)(CCCNC(N)=O)NC(=O)[C@@H](NC(=O)CCOCCOCCOCCNC(=O)CCN2C(=O)C=CC2=O)C(C)C)cc1. The van der Waals surface area contributed by atoms with Crippen LogP contribution in [-0.2, 0) is 67.2 Å². The summed E-state index contributed by atoms with van der Waals surface area (Å²) < 4.78 is 24.3. The fourth-order valence-corrected chi connectivity index (χ4v) is 7.22. The maximum atomic E-state index is 14.0. The van der Waals surface area contributed by atoms with Crippen molar-refractivity contribution < 1.29 is 52.5 Å². The Labute approximate surface area is 415 Å². The van der Waals surface area contributed by atoms with Crippen molar-refractivity contribution in [3.63, 3.8) is 0 Å². The first-order chi connectivity index (χ1) is 33.8. The van der Waals surface area contributed by atoms with E-state index in [1.807, 2.05) is 42.7 Å². The van der Waals surface area contributed by atoms with Crippen LogP contribution in [-0.4, -0.2) is 133 Å². The van der Waals surface area contributed by atoms with Crippen LogP contribution in [0, 0.1) is 5.92 Å². The molecule has 2 heterocycles. The Kier molecular flexibility index (Phi) is 24.9. The second-order valence-corrected chi connectivity index (χ2v) is 17.8. The van der Waals surface area contributed by atoms with Crippen molar-refractivity contribution in [3.05, 3.63) is 64.1 Å². The highest BCUT2D eigenvalue weighted by atomic mass is 16.5. The van der Waals surface area contributed by atoms with Gasteiger partial charge in [-0.05, 0) is 57.1 Å². The Bertz CT molecular complexity index is 2240. The van der Waals surface area contributed by atoms with Crippen molar-refractivity contribution >= 4 is 53.2 Å². The van der Waals surface area contributed by atoms with Gasteiger partial charge in [-0.2, -0.15) is 0 Å². The number of imide groups is 1. The summed E-state index contributed by atoms with van der Waals surface area (Å²) in [4.78, 5) is 93.0. The van der Waals surface area contributed by atoms with Crippen LogP contribution in [0.15, 0.2) is 36.4 Å². The van der Waals surface area contributed by atoms with Gasteiger partial charge < -0.3 is 73.0 Å². The normalized spacial score (nSPS) is 14.0. The van der Waals surface area contributed by atoms with Crippen molar-refractivity contribution in [3.8, 4) is 0 Å². The molecule has 1 aliphatic rings. The van der Waals surface area contributed by atoms with Gasteiger partial charge in [0.2, 0.25) is 29.5 Å². The number of aromatic nitrogens is 2. The predicted molar refractivity (Wildman–Crippen MR) is 264 cm³/mol. The molecule has 0 spiro atoms. The fourth-order valence-electron chi connectivity index (χ4n) is 7.22. The van der Waals surface area contributed by atoms with E-state index in [9.17, 15) is 33.6 Å². The van der Waals surface area contributed by atoms with Crippen molar-refractivity contribution in [2.24, 2.45) is 28.9 Å². The Hall–Kier alpha value is -6.72. The number of nitrogens with two attached hydrogens (primary N) is 4. The number of imidazole rings is 1. The number of carbonyl (C=O) groups is 7. The number of carbonyl (C=O) groups excluding carboxylic acids is 7. The van der Waals surface area contributed by atoms with E-state index in [-0.39, 0.29) is 115 Å². The molecule has 71 heavy (non-hydrogen) atoms. The number of amides is 8. The highest BCUT2D eigenvalue weighted by Crippen LogP contribution is 2.16. The van der Waals surface area contributed by atoms with Gasteiger partial charge in [0, 0.05) is 64.1 Å². The maximum Gasteiger partial charge on any atom is 0.312 e. The monoisotopic (exact) mass is 997 g/mol. The molecule has 0 bridgehead atoms. The molecule has 8 amide bonds. The molecular weight excluding hydrogens is 921 g/mol. The number of benzene rings is 1. The lowest BCUT2D eigenvalue weighted by Crippen LogP contribution is -2.61. The van der Waals surface area contributed by atoms with Crippen molar-refractivity contribution in [2.75, 3.05) is 59.3 Å². The third-order valence-electron chi connectivity index (χ3n) is 11.1. The lowest BCUT2D eigenvalue weighted by atomic mass is 9.92. The Balaban J connectivity index is 1.50. The van der Waals surface area contributed by atoms with Crippen LogP contribution in [0.3, 0.4) is 0 Å². The summed E-state index contributed by atoms with van der Waals surface area (Å²) in [6.07, 6.45) is 5.05. The first-order valence-electron chi connectivity index (χ1n) is 24.1. The largest absolute Gasteiger partial charge is 0.475 e. The highest BCUT2D eigenvalue weighted by Gasteiger charge is 2.37. The number of unbranched alkanes of at least 4 members (excludes halogenated alkanes) is 1. The molecule has 1 aliphatic heterocycles. The zero-order valence-electron chi connectivity index (χ0n) is 42.1. The van der Waals surface area contributed by atoms with E-state index in [0.717, 1.165) is 34.7 Å². The molecule has 0 saturated carbocycles. The predicted octanol–water partition coefficient (Wildman–Crippen LogP) is -1.34. The molecule has 3 rings (SSSR count). The maximum absolute atomic E-state index is 14.0. The zero-order valence-corrected chi connectivity index (χ0v) is 42.1. The molecule has 394 valence electrons. The number of hydrogen-bond donors (Lipinski definition) is 9. The molecule has 2 aromatic rings. The Morgan fingerprint density at radius 2 is 1.38 bits per heavy atom. The molecular formula is C48H76N12O11. The van der Waals surface area contributed by atoms with Crippen LogP contribution in [0.2, 0.25) is 0 Å². The van der Waals surface area contributed by atoms with Crippen LogP contribution >= 0.6 is 0 Å². The smallest absolute Gasteiger partial charge is 0.312 e. The first-order valence-corrected chi connectivity index (χ1v) is 24.1. The van der Waals surface area contributed by atoms with Gasteiger partial charge in [0.05, 0.1) is 45.7 Å². The van der Waals surface area contributed by atoms with Crippen LogP contribution in [0.25, 0.3) is 11.7 Å². The van der Waals surface area contributed by atoms with Crippen LogP contribution in [0.4, 0.5) is 4.79 Å². The zero-order chi connectivity index (χ0) is 52.5. The highest BCUT2D eigenvalue weighted by molar-refractivity contribution is 6.13. The van der Waals surface area contributed by atoms with Crippen LogP contribution in [0.1, 0.15) is 97.0 Å². The molecule has 2 atom stereocenters. The van der Waals surface area contributed by atoms with Gasteiger partial charge in [-0.1, -0.05) is 51.5 Å². The van der Waals surface area contributed by atoms with Crippen molar-refractivity contribution in [1.29, 1.82) is 0 Å². The van der Waals surface area contributed by atoms with E-state index in [2.05, 4.69) is 33.5 Å². The van der Waals surface area contributed by atoms with E-state index in [0.29, 0.717) is 30.1 Å². The van der Waals surface area contributed by atoms with Crippen LogP contribution < -0.4 is 60.2 Å². The fraction of sp³-hybridized carbons (Fsp3) is 0.583. The number of primary amides is 1. The van der Waals surface area contributed by atoms with Gasteiger partial charge in [-0.15, -0.1) is 0 Å². The molecule has 23 nitrogen and oxygen atoms in total. The standard InChI is InChI=1S/C48H76N12O11/c1-7-8-10-35-56-41(43(49)50)42(44(51)71-32(4)5)60(35)30-34-13-11-33(12-14-34)29-55-46(66)48(6,19-9-20-54-47(52)67)58-45(65)40(31(2)3)57-37(62)18-23-68-25-27-70-28-26-69-24-21-53-36(61)17-22-59-38(63)15-16-39(59)64/h11-16,31-32,40H,7-10,17-30,49-51H2,1-6H3,(H,53,61)(H,55,66)(H,57,62)(H,58,65)(H3,52,54,67)/b44-42-/t40-,48+/m0/s1. The van der Waals surface area contributed by atoms with Gasteiger partial charge in [0.15, 0.2) is 0 Å². The topological polar surface area (TPSA) is 342 Å². The molecule has 0 saturated heterocycles. The number of aryl methyl sites for hydroxylation is 1. The summed E-state index contributed by atoms with van der Waals surface area (Å²) >= 11 is 0. The number of urea groups is 1. The number of nitrogens with one attached hydrogen (secondary N) is 5. The van der Waals surface area contributed by atoms with Crippen molar-refractivity contribution in [2.45, 2.75) is 117 Å². The molecule has 1 aromatic carbocycles. The molecule has 0 radical (unpaired) electrons. The minimum atomic E-state index is -1.45. The summed E-state index contributed by atoms with van der Waals surface area (Å²) in [5, 5.41) is 14.6. The minimum absolute atomic E-state index is 0.00566. The van der Waals surface area contributed by atoms with Gasteiger partial charge in [0.25, 0.3) is 11.8 Å². The number of nitrogens with zero attached hydrogens (tertiary/aromatic N) is 3. The van der Waals surface area contributed by atoms with E-state index >= 15 is 0 Å². The van der Waals surface area contributed by atoms with Gasteiger partial charge in [0.1, 0.15) is 33.9 Å². The summed E-state index contributed by atoms with van der Waals surface area (Å²) in [5.74, 6) is -2.03. The van der Waals surface area contributed by atoms with Gasteiger partial charge in [-0.25, -0.2) is 9.78 Å². The third kappa shape index (κ3) is 20.3. The third-order valence-corrected chi connectivity index (χ3v) is 11.1. The summed E-state index contributed by atoms with van der Waals surface area (Å²) in [7, 11) is 0. The van der Waals surface area contributed by atoms with Crippen LogP contribution in [0.5, 0.6) is 0 Å². The second-order valence-electron chi connectivity index (χ2n) is 17.8. The number of ether oxygens (including phenoxy) is 4. The van der Waals surface area contributed by atoms with Gasteiger partial charge in [-0.3, -0.25) is 33.7 Å². The summed E-state index contributed by atoms with van der Waals surface area (Å²) in [6, 6.07) is 5.92. The molecule has 0 unspecified atom stereocenters. The Morgan fingerprint density at radius 3 is 1.97 bits per heavy atom. The van der Waals surface area contributed by atoms with E-state index in [1.54, 1.807) is 20.8 Å². The molecule has 13 N–H and O–H groups in total. The quantitative estimate of drug-likeness (QED) is 0.0295. The minimum Gasteiger partial charge on any atom is -0.475 e. The molecule has 1 aromatic heterocycles. The summed E-state index contributed by atoms with van der Waals surface area (Å²) in [5.41, 5.74) is 24.1. The van der Waals surface area contributed by atoms with E-state index < -0.39 is 47.1 Å². The molecule has 0 fully saturated rings. The summed E-state index contributed by atoms with van der Waals surface area (Å²) in [6.45, 7) is 13.2. The lowest BCUT2D eigenvalue weighted by molar-refractivity contribution is -0.137. The average molecular weight is 997 g/mol. The number of hydrogen-bond acceptors (Lipinski definition) is 15. The van der Waals surface area contributed by atoms with Gasteiger partial charge >= 0.3 is 6.03 Å². The van der Waals surface area contributed by atoms with E-state index in [4.69, 9.17) is 46.9 Å². The van der Waals surface area contributed by atoms with Crippen molar-refractivity contribution in [1.82, 2.24) is 41.0 Å². The number of rotatable bonds is 33. The molecule has 23 heteroatoms. The lowest BCUT2D eigenvalue weighted by Gasteiger charge is -2.32. The molecule has 0 aliphatic carbocycles. The first kappa shape index (κ1) is 58.6.